The zero-order valence-corrected chi connectivity index (χ0v) is 6.59. The Hall–Kier alpha value is -1.27. The van der Waals surface area contributed by atoms with Crippen LogP contribution >= 0.6 is 11.6 Å². The number of hydrogen-bond donors (Lipinski definition) is 0. The van der Waals surface area contributed by atoms with E-state index in [1.165, 1.54) is 10.6 Å². The van der Waals surface area contributed by atoms with Gasteiger partial charge in [-0.25, -0.2) is 0 Å². The lowest BCUT2D eigenvalue weighted by atomic mass is 10.3. The van der Waals surface area contributed by atoms with Gasteiger partial charge in [-0.2, -0.15) is 5.26 Å². The number of carbonyl (C=O) groups is 1. The highest BCUT2D eigenvalue weighted by atomic mass is 35.5. The number of rotatable bonds is 1. The molecule has 1 heterocycles. The lowest BCUT2D eigenvalue weighted by Crippen LogP contribution is -1.90. The molecule has 0 N–H and O–H groups in total. The van der Waals surface area contributed by atoms with Gasteiger partial charge in [-0.15, -0.1) is 0 Å². The first kappa shape index (κ1) is 7.83. The standard InChI is InChI=1S/C7H5ClN2O/c1-10-6(3-9)2-5(4-11)7(10)8/h2,4H,1H3. The normalized spacial score (nSPS) is 9.18. The van der Waals surface area contributed by atoms with Gasteiger partial charge in [0.2, 0.25) is 0 Å². The van der Waals surface area contributed by atoms with Crippen LogP contribution in [0.2, 0.25) is 5.15 Å². The fraction of sp³-hybridized carbons (Fsp3) is 0.143. The van der Waals surface area contributed by atoms with Gasteiger partial charge in [0.05, 0.1) is 5.56 Å². The summed E-state index contributed by atoms with van der Waals surface area (Å²) in [6, 6.07) is 3.36. The van der Waals surface area contributed by atoms with Gasteiger partial charge in [-0.1, -0.05) is 11.6 Å². The smallest absolute Gasteiger partial charge is 0.153 e. The number of halogens is 1. The molecule has 0 aliphatic rings. The van der Waals surface area contributed by atoms with E-state index in [0.29, 0.717) is 22.7 Å². The van der Waals surface area contributed by atoms with Gasteiger partial charge in [-0.05, 0) is 6.07 Å². The molecule has 0 radical (unpaired) electrons. The van der Waals surface area contributed by atoms with E-state index in [2.05, 4.69) is 0 Å². The van der Waals surface area contributed by atoms with Crippen LogP contribution in [0.3, 0.4) is 0 Å². The van der Waals surface area contributed by atoms with Crippen LogP contribution in [-0.4, -0.2) is 10.9 Å². The second-order valence-electron chi connectivity index (χ2n) is 2.06. The molecule has 1 aromatic heterocycles. The first-order valence-electron chi connectivity index (χ1n) is 2.91. The van der Waals surface area contributed by atoms with Crippen LogP contribution in [0.15, 0.2) is 6.07 Å². The summed E-state index contributed by atoms with van der Waals surface area (Å²) in [5.74, 6) is 0. The maximum Gasteiger partial charge on any atom is 0.153 e. The molecule has 0 amide bonds. The second kappa shape index (κ2) is 2.77. The topological polar surface area (TPSA) is 45.8 Å². The van der Waals surface area contributed by atoms with Crippen LogP contribution in [0.4, 0.5) is 0 Å². The van der Waals surface area contributed by atoms with Crippen molar-refractivity contribution in [1.29, 1.82) is 5.26 Å². The Kier molecular flexibility index (Phi) is 1.97. The molecule has 0 unspecified atom stereocenters. The summed E-state index contributed by atoms with van der Waals surface area (Å²) < 4.78 is 1.46. The number of nitriles is 1. The molecule has 0 fully saturated rings. The average Bonchev–Trinajstić information content (AvgIpc) is 2.30. The summed E-state index contributed by atoms with van der Waals surface area (Å²) >= 11 is 5.67. The van der Waals surface area contributed by atoms with E-state index in [1.54, 1.807) is 7.05 Å². The number of aldehydes is 1. The van der Waals surface area contributed by atoms with Gasteiger partial charge < -0.3 is 4.57 Å². The SMILES string of the molecule is Cn1c(C#N)cc(C=O)c1Cl. The molecule has 0 atom stereocenters. The highest BCUT2D eigenvalue weighted by molar-refractivity contribution is 6.32. The summed E-state index contributed by atoms with van der Waals surface area (Å²) in [6.45, 7) is 0. The molecule has 0 aliphatic carbocycles. The molecule has 0 bridgehead atoms. The Morgan fingerprint density at radius 1 is 1.82 bits per heavy atom. The van der Waals surface area contributed by atoms with Gasteiger partial charge >= 0.3 is 0 Å². The van der Waals surface area contributed by atoms with Gasteiger partial charge in [-0.3, -0.25) is 4.79 Å². The zero-order valence-electron chi connectivity index (χ0n) is 5.84. The third kappa shape index (κ3) is 1.13. The quantitative estimate of drug-likeness (QED) is 0.595. The fourth-order valence-corrected chi connectivity index (χ4v) is 0.983. The van der Waals surface area contributed by atoms with E-state index in [1.807, 2.05) is 6.07 Å². The molecule has 4 heteroatoms. The molecule has 1 aromatic rings. The molecular formula is C7H5ClN2O. The lowest BCUT2D eigenvalue weighted by Gasteiger charge is -1.93. The van der Waals surface area contributed by atoms with E-state index in [-0.39, 0.29) is 0 Å². The Morgan fingerprint density at radius 2 is 2.45 bits per heavy atom. The molecule has 0 saturated carbocycles. The predicted molar refractivity (Wildman–Crippen MR) is 40.5 cm³/mol. The minimum absolute atomic E-state index is 0.302. The fourth-order valence-electron chi connectivity index (χ4n) is 0.793. The highest BCUT2D eigenvalue weighted by Gasteiger charge is 2.08. The van der Waals surface area contributed by atoms with E-state index >= 15 is 0 Å². The number of nitrogens with zero attached hydrogens (tertiary/aromatic N) is 2. The van der Waals surface area contributed by atoms with Crippen LogP contribution < -0.4 is 0 Å². The molecule has 0 spiro atoms. The van der Waals surface area contributed by atoms with Crippen LogP contribution in [-0.2, 0) is 7.05 Å². The summed E-state index contributed by atoms with van der Waals surface area (Å²) in [4.78, 5) is 10.3. The van der Waals surface area contributed by atoms with Crippen LogP contribution in [0.1, 0.15) is 16.1 Å². The minimum atomic E-state index is 0.302. The van der Waals surface area contributed by atoms with E-state index in [0.717, 1.165) is 0 Å². The van der Waals surface area contributed by atoms with Crippen LogP contribution in [0.5, 0.6) is 0 Å². The largest absolute Gasteiger partial charge is 0.326 e. The molecule has 0 aliphatic heterocycles. The van der Waals surface area contributed by atoms with Crippen molar-refractivity contribution in [3.8, 4) is 6.07 Å². The Bertz CT molecular complexity index is 335. The first-order valence-corrected chi connectivity index (χ1v) is 3.29. The van der Waals surface area contributed by atoms with E-state index in [4.69, 9.17) is 16.9 Å². The minimum Gasteiger partial charge on any atom is -0.326 e. The maximum absolute atomic E-state index is 10.3. The number of hydrogen-bond acceptors (Lipinski definition) is 2. The third-order valence-electron chi connectivity index (χ3n) is 1.43. The van der Waals surface area contributed by atoms with E-state index in [9.17, 15) is 4.79 Å². The molecule has 56 valence electrons. The second-order valence-corrected chi connectivity index (χ2v) is 2.42. The van der Waals surface area contributed by atoms with Crippen molar-refractivity contribution in [2.24, 2.45) is 7.05 Å². The Labute approximate surface area is 68.8 Å². The summed E-state index contributed by atoms with van der Waals surface area (Å²) in [6.07, 6.45) is 0.628. The molecule has 0 aromatic carbocycles. The van der Waals surface area contributed by atoms with Crippen molar-refractivity contribution >= 4 is 17.9 Å². The monoisotopic (exact) mass is 168 g/mol. The molecular weight excluding hydrogens is 164 g/mol. The zero-order chi connectivity index (χ0) is 8.43. The van der Waals surface area contributed by atoms with Crippen molar-refractivity contribution in [1.82, 2.24) is 4.57 Å². The molecule has 3 nitrogen and oxygen atoms in total. The van der Waals surface area contributed by atoms with Gasteiger partial charge in [0.25, 0.3) is 0 Å². The molecule has 0 saturated heterocycles. The van der Waals surface area contributed by atoms with Crippen LogP contribution in [0, 0.1) is 11.3 Å². The van der Waals surface area contributed by atoms with Crippen LogP contribution in [0.25, 0.3) is 0 Å². The Morgan fingerprint density at radius 3 is 2.73 bits per heavy atom. The highest BCUT2D eigenvalue weighted by Crippen LogP contribution is 2.17. The first-order chi connectivity index (χ1) is 5.20. The molecule has 11 heavy (non-hydrogen) atoms. The molecule has 1 rings (SSSR count). The summed E-state index contributed by atoms with van der Waals surface area (Å²) in [5, 5.41) is 8.81. The maximum atomic E-state index is 10.3. The predicted octanol–water partition coefficient (Wildman–Crippen LogP) is 1.36. The number of aromatic nitrogens is 1. The van der Waals surface area contributed by atoms with Crippen molar-refractivity contribution in [2.45, 2.75) is 0 Å². The van der Waals surface area contributed by atoms with Crippen molar-refractivity contribution in [3.05, 3.63) is 22.5 Å². The van der Waals surface area contributed by atoms with Crippen molar-refractivity contribution in [2.75, 3.05) is 0 Å². The van der Waals surface area contributed by atoms with E-state index < -0.39 is 0 Å². The average molecular weight is 169 g/mol. The van der Waals surface area contributed by atoms with Gasteiger partial charge in [0.15, 0.2) is 6.29 Å². The van der Waals surface area contributed by atoms with Gasteiger partial charge in [0, 0.05) is 7.05 Å². The Balaban J connectivity index is 3.37. The van der Waals surface area contributed by atoms with Crippen molar-refractivity contribution in [3.63, 3.8) is 0 Å². The third-order valence-corrected chi connectivity index (χ3v) is 1.90. The summed E-state index contributed by atoms with van der Waals surface area (Å²) in [7, 11) is 1.63. The number of carbonyl (C=O) groups excluding carboxylic acids is 1. The van der Waals surface area contributed by atoms with Crippen molar-refractivity contribution < 1.29 is 4.79 Å². The van der Waals surface area contributed by atoms with Gasteiger partial charge in [0.1, 0.15) is 16.9 Å². The lowest BCUT2D eigenvalue weighted by molar-refractivity contribution is 0.112. The summed E-state index contributed by atoms with van der Waals surface area (Å²) in [5.41, 5.74) is 0.739.